The zero-order chi connectivity index (χ0) is 27.0. The van der Waals surface area contributed by atoms with Gasteiger partial charge in [-0.05, 0) is 46.6 Å². The van der Waals surface area contributed by atoms with E-state index in [0.717, 1.165) is 36.4 Å². The van der Waals surface area contributed by atoms with Crippen LogP contribution in [0, 0.1) is 0 Å². The van der Waals surface area contributed by atoms with Crippen molar-refractivity contribution in [1.82, 2.24) is 36.7 Å². The maximum absolute atomic E-state index is 14.2. The van der Waals surface area contributed by atoms with Crippen LogP contribution >= 0.6 is 11.3 Å². The molecule has 1 atom stereocenters. The van der Waals surface area contributed by atoms with Crippen LogP contribution in [0.2, 0.25) is 0 Å². The topological polar surface area (TPSA) is 136 Å². The highest BCUT2D eigenvalue weighted by Crippen LogP contribution is 2.42. The molecule has 2 amide bonds. The molecule has 0 aliphatic carbocycles. The zero-order valence-corrected chi connectivity index (χ0v) is 21.5. The van der Waals surface area contributed by atoms with Crippen molar-refractivity contribution in [3.63, 3.8) is 0 Å². The molecule has 0 radical (unpaired) electrons. The Balaban J connectivity index is 1.77. The first-order chi connectivity index (χ1) is 17.3. The number of hydrogen-bond donors (Lipinski definition) is 5. The molecule has 0 bridgehead atoms. The first kappa shape index (κ1) is 26.6. The Morgan fingerprint density at radius 3 is 2.62 bits per heavy atom. The standard InChI is InChI=1S/C22H28F3N9O2S/c1-11-6-5-7-34(11)20(36)16-17(37-19(28-16)18(35)27-10-15-30-32-33-31-15)12-9-26-14(29-21(2,3)4)8-13(12)22(23,24)25/h8-9,11,32-33H,5-7,10H2,1-4H3,(H,26,29)(H,27,35)(H,30,31)/t11-/m0/s1. The van der Waals surface area contributed by atoms with Crippen molar-refractivity contribution in [3.8, 4) is 10.4 Å². The molecule has 0 spiro atoms. The third kappa shape index (κ3) is 6.10. The quantitative estimate of drug-likeness (QED) is 0.378. The highest BCUT2D eigenvalue weighted by Gasteiger charge is 2.38. The summed E-state index contributed by atoms with van der Waals surface area (Å²) in [5.41, 5.74) is 5.63. The molecule has 0 aromatic carbocycles. The summed E-state index contributed by atoms with van der Waals surface area (Å²) >= 11 is 0.718. The van der Waals surface area contributed by atoms with E-state index in [9.17, 15) is 22.8 Å². The van der Waals surface area contributed by atoms with Gasteiger partial charge in [0.05, 0.1) is 17.0 Å². The van der Waals surface area contributed by atoms with Crippen molar-refractivity contribution in [2.75, 3.05) is 18.4 Å². The number of halogens is 3. The van der Waals surface area contributed by atoms with Crippen LogP contribution in [0.5, 0.6) is 0 Å². The van der Waals surface area contributed by atoms with Crippen molar-refractivity contribution >= 4 is 34.8 Å². The van der Waals surface area contributed by atoms with Gasteiger partial charge in [0.25, 0.3) is 11.8 Å². The number of likely N-dealkylation sites (tertiary alicyclic amines) is 1. The van der Waals surface area contributed by atoms with Gasteiger partial charge in [0.15, 0.2) is 10.8 Å². The SMILES string of the molecule is C[C@H]1CCCN1C(=O)c1nc(C(=O)NCC2=NNNN2)sc1-c1cnc(NC(C)(C)C)cc1C(F)(F)F. The maximum Gasteiger partial charge on any atom is 0.417 e. The lowest BCUT2D eigenvalue weighted by Crippen LogP contribution is -2.40. The fraction of sp³-hybridized carbons (Fsp3) is 0.500. The number of carbonyl (C=O) groups excluding carboxylic acids is 2. The lowest BCUT2D eigenvalue weighted by molar-refractivity contribution is -0.137. The molecule has 0 unspecified atom stereocenters. The van der Waals surface area contributed by atoms with E-state index < -0.39 is 29.1 Å². The number of hydrazone groups is 1. The normalized spacial score (nSPS) is 17.8. The number of nitrogens with zero attached hydrogens (tertiary/aromatic N) is 4. The summed E-state index contributed by atoms with van der Waals surface area (Å²) in [5.74, 6) is -0.740. The first-order valence-electron chi connectivity index (χ1n) is 11.6. The molecular weight excluding hydrogens is 511 g/mol. The molecule has 200 valence electrons. The van der Waals surface area contributed by atoms with Gasteiger partial charge in [0.2, 0.25) is 0 Å². The average molecular weight is 540 g/mol. The molecule has 4 rings (SSSR count). The lowest BCUT2D eigenvalue weighted by atomic mass is 10.1. The number of hydrogen-bond acceptors (Lipinski definition) is 10. The smallest absolute Gasteiger partial charge is 0.365 e. The van der Waals surface area contributed by atoms with Crippen molar-refractivity contribution in [2.24, 2.45) is 5.10 Å². The Hall–Kier alpha value is -3.46. The number of aromatic nitrogens is 2. The Morgan fingerprint density at radius 2 is 2.03 bits per heavy atom. The van der Waals surface area contributed by atoms with Crippen LogP contribution in [0.1, 0.15) is 66.4 Å². The maximum atomic E-state index is 14.2. The molecule has 4 heterocycles. The van der Waals surface area contributed by atoms with Gasteiger partial charge in [-0.3, -0.25) is 15.0 Å². The minimum absolute atomic E-state index is 0.00269. The second-order valence-corrected chi connectivity index (χ2v) is 10.8. The minimum atomic E-state index is -4.74. The van der Waals surface area contributed by atoms with Crippen LogP contribution < -0.4 is 27.1 Å². The van der Waals surface area contributed by atoms with Crippen molar-refractivity contribution in [2.45, 2.75) is 58.3 Å². The fourth-order valence-corrected chi connectivity index (χ4v) is 4.98. The number of nitrogens with one attached hydrogen (secondary N) is 5. The van der Waals surface area contributed by atoms with E-state index in [0.29, 0.717) is 12.4 Å². The second-order valence-electron chi connectivity index (χ2n) is 9.78. The lowest BCUT2D eigenvalue weighted by Gasteiger charge is -2.23. The summed E-state index contributed by atoms with van der Waals surface area (Å²) in [6.07, 6.45) is -2.12. The number of amides is 2. The number of rotatable bonds is 6. The Bertz CT molecular complexity index is 1220. The van der Waals surface area contributed by atoms with E-state index in [2.05, 4.69) is 42.2 Å². The van der Waals surface area contributed by atoms with Crippen molar-refractivity contribution < 1.29 is 22.8 Å². The van der Waals surface area contributed by atoms with E-state index in [1.807, 2.05) is 6.92 Å². The second kappa shape index (κ2) is 10.1. The molecule has 11 nitrogen and oxygen atoms in total. The third-order valence-electron chi connectivity index (χ3n) is 5.66. The summed E-state index contributed by atoms with van der Waals surface area (Å²) in [4.78, 5) is 36.2. The largest absolute Gasteiger partial charge is 0.417 e. The monoisotopic (exact) mass is 539 g/mol. The third-order valence-corrected chi connectivity index (χ3v) is 6.75. The van der Waals surface area contributed by atoms with Crippen LogP contribution in [0.15, 0.2) is 17.4 Å². The fourth-order valence-electron chi connectivity index (χ4n) is 3.99. The van der Waals surface area contributed by atoms with Gasteiger partial charge >= 0.3 is 6.18 Å². The van der Waals surface area contributed by atoms with Crippen LogP contribution in [-0.2, 0) is 6.18 Å². The van der Waals surface area contributed by atoms with E-state index in [4.69, 9.17) is 0 Å². The zero-order valence-electron chi connectivity index (χ0n) is 20.7. The summed E-state index contributed by atoms with van der Waals surface area (Å²) in [6, 6.07) is 0.820. The van der Waals surface area contributed by atoms with E-state index in [1.165, 1.54) is 0 Å². The number of amidine groups is 1. The van der Waals surface area contributed by atoms with Crippen molar-refractivity contribution in [3.05, 3.63) is 28.5 Å². The molecular formula is C22H28F3N9O2S. The van der Waals surface area contributed by atoms with Crippen molar-refractivity contribution in [1.29, 1.82) is 0 Å². The number of thiazole rings is 1. The Labute approximate surface area is 215 Å². The summed E-state index contributed by atoms with van der Waals surface area (Å²) in [5, 5.41) is 9.23. The van der Waals surface area contributed by atoms with Gasteiger partial charge in [0, 0.05) is 29.9 Å². The van der Waals surface area contributed by atoms with E-state index >= 15 is 0 Å². The molecule has 0 saturated carbocycles. The van der Waals surface area contributed by atoms with Crippen LogP contribution in [-0.4, -0.2) is 57.2 Å². The summed E-state index contributed by atoms with van der Waals surface area (Å²) in [7, 11) is 0. The van der Waals surface area contributed by atoms with E-state index in [-0.39, 0.29) is 39.5 Å². The van der Waals surface area contributed by atoms with Gasteiger partial charge < -0.3 is 15.5 Å². The van der Waals surface area contributed by atoms with Crippen LogP contribution in [0.4, 0.5) is 19.0 Å². The van der Waals surface area contributed by atoms with E-state index in [1.54, 1.807) is 25.7 Å². The van der Waals surface area contributed by atoms with Gasteiger partial charge in [-0.1, -0.05) is 0 Å². The molecule has 2 aromatic heterocycles. The number of pyridine rings is 1. The molecule has 2 aromatic rings. The molecule has 5 N–H and O–H groups in total. The van der Waals surface area contributed by atoms with Gasteiger partial charge in [-0.25, -0.2) is 15.5 Å². The van der Waals surface area contributed by atoms with Crippen LogP contribution in [0.3, 0.4) is 0 Å². The van der Waals surface area contributed by atoms with Gasteiger partial charge in [0.1, 0.15) is 11.5 Å². The molecule has 37 heavy (non-hydrogen) atoms. The molecule has 2 aliphatic heterocycles. The molecule has 1 saturated heterocycles. The number of carbonyl (C=O) groups is 2. The highest BCUT2D eigenvalue weighted by molar-refractivity contribution is 7.17. The average Bonchev–Trinajstić information content (AvgIpc) is 3.56. The molecule has 2 aliphatic rings. The number of alkyl halides is 3. The highest BCUT2D eigenvalue weighted by atomic mass is 32.1. The predicted octanol–water partition coefficient (Wildman–Crippen LogP) is 2.71. The molecule has 1 fully saturated rings. The van der Waals surface area contributed by atoms with Gasteiger partial charge in [-0.2, -0.15) is 13.2 Å². The first-order valence-corrected chi connectivity index (χ1v) is 12.4. The predicted molar refractivity (Wildman–Crippen MR) is 133 cm³/mol. The van der Waals surface area contributed by atoms with Crippen LogP contribution in [0.25, 0.3) is 10.4 Å². The Kier molecular flexibility index (Phi) is 7.28. The number of anilines is 1. The minimum Gasteiger partial charge on any atom is -0.365 e. The number of hydrazine groups is 2. The Morgan fingerprint density at radius 1 is 1.27 bits per heavy atom. The summed E-state index contributed by atoms with van der Waals surface area (Å²) < 4.78 is 42.7. The van der Waals surface area contributed by atoms with Gasteiger partial charge in [-0.15, -0.1) is 22.0 Å². The molecule has 15 heteroatoms. The summed E-state index contributed by atoms with van der Waals surface area (Å²) in [6.45, 7) is 7.74.